The lowest BCUT2D eigenvalue weighted by atomic mass is 10.2. The van der Waals surface area contributed by atoms with Gasteiger partial charge in [0.05, 0.1) is 11.4 Å². The van der Waals surface area contributed by atoms with Crippen molar-refractivity contribution in [1.82, 2.24) is 14.8 Å². The van der Waals surface area contributed by atoms with Crippen LogP contribution in [0, 0.1) is 6.92 Å². The van der Waals surface area contributed by atoms with Crippen LogP contribution in [-0.2, 0) is 11.8 Å². The van der Waals surface area contributed by atoms with Crippen molar-refractivity contribution in [2.45, 2.75) is 13.0 Å². The zero-order valence-corrected chi connectivity index (χ0v) is 10.7. The lowest BCUT2D eigenvalue weighted by Gasteiger charge is -2.02. The van der Waals surface area contributed by atoms with Gasteiger partial charge in [-0.1, -0.05) is 0 Å². The van der Waals surface area contributed by atoms with Crippen molar-refractivity contribution in [3.8, 4) is 0 Å². The highest BCUT2D eigenvalue weighted by atomic mass is 32.1. The zero-order valence-electron chi connectivity index (χ0n) is 9.91. The topological polar surface area (TPSA) is 106 Å². The first kappa shape index (κ1) is 12.5. The molecule has 0 aliphatic rings. The summed E-state index contributed by atoms with van der Waals surface area (Å²) in [6.07, 6.45) is 0. The molecule has 7 nitrogen and oxygen atoms in total. The maximum Gasteiger partial charge on any atom is 0.326 e. The van der Waals surface area contributed by atoms with E-state index in [0.717, 1.165) is 11.5 Å². The van der Waals surface area contributed by atoms with Crippen LogP contribution in [0.3, 0.4) is 0 Å². The number of carbonyl (C=O) groups is 1. The first-order valence-corrected chi connectivity index (χ1v) is 6.07. The smallest absolute Gasteiger partial charge is 0.326 e. The Morgan fingerprint density at radius 1 is 1.67 bits per heavy atom. The molecular formula is C10H13N5O2S. The van der Waals surface area contributed by atoms with Crippen LogP contribution in [0.2, 0.25) is 0 Å². The minimum atomic E-state index is -1.09. The summed E-state index contributed by atoms with van der Waals surface area (Å²) in [6.45, 7) is 1.89. The largest absolute Gasteiger partial charge is 0.480 e. The highest BCUT2D eigenvalue weighted by Gasteiger charge is 2.18. The summed E-state index contributed by atoms with van der Waals surface area (Å²) < 4.78 is 1.69. The van der Waals surface area contributed by atoms with E-state index in [-0.39, 0.29) is 0 Å². The Morgan fingerprint density at radius 3 is 2.94 bits per heavy atom. The summed E-state index contributed by atoms with van der Waals surface area (Å²) in [7, 11) is 1.81. The number of carboxylic acids is 1. The van der Waals surface area contributed by atoms with Gasteiger partial charge in [0.2, 0.25) is 0 Å². The molecule has 0 saturated carbocycles. The average molecular weight is 267 g/mol. The molecule has 0 saturated heterocycles. The Labute approximate surface area is 107 Å². The van der Waals surface area contributed by atoms with E-state index in [9.17, 15) is 4.79 Å². The fourth-order valence-electron chi connectivity index (χ4n) is 1.45. The molecule has 1 atom stereocenters. The summed E-state index contributed by atoms with van der Waals surface area (Å²) in [4.78, 5) is 14.9. The van der Waals surface area contributed by atoms with Gasteiger partial charge in [-0.3, -0.25) is 9.48 Å². The molecule has 0 radical (unpaired) electrons. The highest BCUT2D eigenvalue weighted by molar-refractivity contribution is 7.13. The number of thiazole rings is 1. The molecule has 0 amide bonds. The molecule has 0 fully saturated rings. The van der Waals surface area contributed by atoms with Crippen LogP contribution in [0.1, 0.15) is 17.4 Å². The van der Waals surface area contributed by atoms with Crippen molar-refractivity contribution >= 4 is 28.3 Å². The number of hydrogen-bond acceptors (Lipinski definition) is 6. The summed E-state index contributed by atoms with van der Waals surface area (Å²) >= 11 is 1.30. The molecule has 2 heterocycles. The number of rotatable bonds is 4. The molecule has 0 spiro atoms. The molecule has 18 heavy (non-hydrogen) atoms. The van der Waals surface area contributed by atoms with Gasteiger partial charge < -0.3 is 16.2 Å². The normalized spacial score (nSPS) is 12.4. The third kappa shape index (κ3) is 2.49. The maximum atomic E-state index is 10.7. The predicted molar refractivity (Wildman–Crippen MR) is 67.9 cm³/mol. The SMILES string of the molecule is Cc1cc(Nc2nc(C(N)C(=O)O)cs2)n(C)n1. The van der Waals surface area contributed by atoms with E-state index in [4.69, 9.17) is 10.8 Å². The second-order valence-corrected chi connectivity index (χ2v) is 4.67. The molecule has 2 rings (SSSR count). The molecule has 4 N–H and O–H groups in total. The standard InChI is InChI=1S/C10H13N5O2S/c1-5-3-7(15(2)14-5)13-10-12-6(4-18-10)8(11)9(16)17/h3-4,8H,11H2,1-2H3,(H,12,13)(H,16,17). The van der Waals surface area contributed by atoms with Crippen molar-refractivity contribution in [2.24, 2.45) is 12.8 Å². The molecule has 96 valence electrons. The Hall–Kier alpha value is -1.93. The highest BCUT2D eigenvalue weighted by Crippen LogP contribution is 2.23. The minimum absolute atomic E-state index is 0.342. The molecule has 8 heteroatoms. The number of aryl methyl sites for hydroxylation is 2. The molecule has 2 aromatic heterocycles. The Kier molecular flexibility index (Phi) is 3.30. The van der Waals surface area contributed by atoms with Crippen molar-refractivity contribution in [3.63, 3.8) is 0 Å². The fourth-order valence-corrected chi connectivity index (χ4v) is 2.20. The molecular weight excluding hydrogens is 254 g/mol. The monoisotopic (exact) mass is 267 g/mol. The van der Waals surface area contributed by atoms with Crippen LogP contribution in [0.15, 0.2) is 11.4 Å². The number of aliphatic carboxylic acids is 1. The van der Waals surface area contributed by atoms with Crippen molar-refractivity contribution in [1.29, 1.82) is 0 Å². The number of anilines is 2. The van der Waals surface area contributed by atoms with Crippen LogP contribution in [-0.4, -0.2) is 25.8 Å². The summed E-state index contributed by atoms with van der Waals surface area (Å²) in [5.41, 5.74) is 6.71. The predicted octanol–water partition coefficient (Wildman–Crippen LogP) is 1.01. The number of hydrogen-bond donors (Lipinski definition) is 3. The van der Waals surface area contributed by atoms with Crippen molar-refractivity contribution in [2.75, 3.05) is 5.32 Å². The van der Waals surface area contributed by atoms with Crippen LogP contribution in [0.4, 0.5) is 10.9 Å². The molecule has 0 aromatic carbocycles. The van der Waals surface area contributed by atoms with Gasteiger partial charge in [-0.15, -0.1) is 11.3 Å². The molecule has 0 aliphatic carbocycles. The maximum absolute atomic E-state index is 10.7. The number of nitrogens with two attached hydrogens (primary N) is 1. The van der Waals surface area contributed by atoms with Crippen LogP contribution in [0.5, 0.6) is 0 Å². The molecule has 2 aromatic rings. The van der Waals surface area contributed by atoms with Gasteiger partial charge in [-0.2, -0.15) is 5.10 Å². The van der Waals surface area contributed by atoms with E-state index in [2.05, 4.69) is 15.4 Å². The second-order valence-electron chi connectivity index (χ2n) is 3.81. The quantitative estimate of drug-likeness (QED) is 0.763. The lowest BCUT2D eigenvalue weighted by molar-refractivity contribution is -0.138. The van der Waals surface area contributed by atoms with E-state index in [1.165, 1.54) is 11.3 Å². The molecule has 0 aliphatic heterocycles. The zero-order chi connectivity index (χ0) is 13.3. The second kappa shape index (κ2) is 4.75. The number of carboxylic acid groups (broad SMARTS) is 1. The summed E-state index contributed by atoms with van der Waals surface area (Å²) in [6, 6.07) is 0.781. The molecule has 1 unspecified atom stereocenters. The number of nitrogens with one attached hydrogen (secondary N) is 1. The van der Waals surface area contributed by atoms with Gasteiger partial charge in [-0.25, -0.2) is 4.98 Å². The van der Waals surface area contributed by atoms with Crippen LogP contribution >= 0.6 is 11.3 Å². The van der Waals surface area contributed by atoms with Gasteiger partial charge in [0.1, 0.15) is 11.9 Å². The van der Waals surface area contributed by atoms with Gasteiger partial charge >= 0.3 is 5.97 Å². The van der Waals surface area contributed by atoms with E-state index in [1.807, 2.05) is 20.0 Å². The van der Waals surface area contributed by atoms with Gasteiger partial charge in [0, 0.05) is 18.5 Å². The van der Waals surface area contributed by atoms with Crippen LogP contribution < -0.4 is 11.1 Å². The Morgan fingerprint density at radius 2 is 2.39 bits per heavy atom. The Bertz CT molecular complexity index is 577. The van der Waals surface area contributed by atoms with Crippen molar-refractivity contribution in [3.05, 3.63) is 22.8 Å². The lowest BCUT2D eigenvalue weighted by Crippen LogP contribution is -2.20. The summed E-state index contributed by atoms with van der Waals surface area (Å²) in [5, 5.41) is 18.3. The van der Waals surface area contributed by atoms with Crippen LogP contribution in [0.25, 0.3) is 0 Å². The third-order valence-electron chi connectivity index (χ3n) is 2.34. The van der Waals surface area contributed by atoms with E-state index in [1.54, 1.807) is 10.1 Å². The Balaban J connectivity index is 2.16. The third-order valence-corrected chi connectivity index (χ3v) is 3.12. The fraction of sp³-hybridized carbons (Fsp3) is 0.300. The van der Waals surface area contributed by atoms with Crippen molar-refractivity contribution < 1.29 is 9.90 Å². The summed E-state index contributed by atoms with van der Waals surface area (Å²) in [5.74, 6) is -0.305. The van der Waals surface area contributed by atoms with E-state index < -0.39 is 12.0 Å². The van der Waals surface area contributed by atoms with Gasteiger partial charge in [-0.05, 0) is 6.92 Å². The van der Waals surface area contributed by atoms with Gasteiger partial charge in [0.25, 0.3) is 0 Å². The number of nitrogens with zero attached hydrogens (tertiary/aromatic N) is 3. The molecule has 0 bridgehead atoms. The minimum Gasteiger partial charge on any atom is -0.480 e. The average Bonchev–Trinajstić information content (AvgIpc) is 2.86. The first-order valence-electron chi connectivity index (χ1n) is 5.19. The van der Waals surface area contributed by atoms with E-state index >= 15 is 0 Å². The van der Waals surface area contributed by atoms with Gasteiger partial charge in [0.15, 0.2) is 5.13 Å². The van der Waals surface area contributed by atoms with E-state index in [0.29, 0.717) is 10.8 Å². The number of aromatic nitrogens is 3. The first-order chi connectivity index (χ1) is 8.47.